The summed E-state index contributed by atoms with van der Waals surface area (Å²) in [7, 11) is 1.63. The van der Waals surface area contributed by atoms with Gasteiger partial charge < -0.3 is 19.1 Å². The van der Waals surface area contributed by atoms with Crippen LogP contribution in [-0.4, -0.2) is 42.2 Å². The summed E-state index contributed by atoms with van der Waals surface area (Å²) in [4.78, 5) is 19.1. The van der Waals surface area contributed by atoms with E-state index in [2.05, 4.69) is 4.98 Å². The lowest BCUT2D eigenvalue weighted by atomic mass is 10.1. The fourth-order valence-corrected chi connectivity index (χ4v) is 3.79. The Balaban J connectivity index is 1.42. The molecule has 1 fully saturated rings. The van der Waals surface area contributed by atoms with Crippen molar-refractivity contribution in [2.45, 2.75) is 32.0 Å². The molecule has 1 saturated heterocycles. The highest BCUT2D eigenvalue weighted by atomic mass is 16.5. The monoisotopic (exact) mass is 458 g/mol. The molecule has 176 valence electrons. The van der Waals surface area contributed by atoms with Crippen molar-refractivity contribution in [3.8, 4) is 11.5 Å². The zero-order chi connectivity index (χ0) is 23.6. The summed E-state index contributed by atoms with van der Waals surface area (Å²) in [6.07, 6.45) is 9.28. The number of aromatic nitrogens is 1. The maximum absolute atomic E-state index is 13.1. The van der Waals surface area contributed by atoms with Crippen molar-refractivity contribution < 1.29 is 19.0 Å². The first-order chi connectivity index (χ1) is 16.7. The zero-order valence-corrected chi connectivity index (χ0v) is 19.4. The predicted molar refractivity (Wildman–Crippen MR) is 131 cm³/mol. The van der Waals surface area contributed by atoms with Crippen molar-refractivity contribution in [2.75, 3.05) is 20.3 Å². The number of pyridine rings is 1. The van der Waals surface area contributed by atoms with Crippen molar-refractivity contribution >= 4 is 12.0 Å². The third-order valence-corrected chi connectivity index (χ3v) is 5.70. The van der Waals surface area contributed by atoms with E-state index in [9.17, 15) is 4.79 Å². The summed E-state index contributed by atoms with van der Waals surface area (Å²) in [5.74, 6) is 1.52. The molecule has 2 heterocycles. The van der Waals surface area contributed by atoms with E-state index < -0.39 is 0 Å². The Morgan fingerprint density at radius 2 is 1.82 bits per heavy atom. The van der Waals surface area contributed by atoms with Gasteiger partial charge in [0.1, 0.15) is 18.1 Å². The Labute approximate surface area is 200 Å². The minimum Gasteiger partial charge on any atom is -0.497 e. The number of amides is 1. The van der Waals surface area contributed by atoms with Crippen LogP contribution in [0.2, 0.25) is 0 Å². The maximum atomic E-state index is 13.1. The molecule has 6 heteroatoms. The number of hydrogen-bond acceptors (Lipinski definition) is 5. The van der Waals surface area contributed by atoms with Gasteiger partial charge in [-0.1, -0.05) is 30.3 Å². The van der Waals surface area contributed by atoms with Crippen LogP contribution in [0.25, 0.3) is 6.08 Å². The third-order valence-electron chi connectivity index (χ3n) is 5.70. The summed E-state index contributed by atoms with van der Waals surface area (Å²) in [6.45, 7) is 2.34. The molecule has 0 saturated carbocycles. The zero-order valence-electron chi connectivity index (χ0n) is 19.4. The van der Waals surface area contributed by atoms with E-state index in [4.69, 9.17) is 14.2 Å². The molecule has 0 N–H and O–H groups in total. The summed E-state index contributed by atoms with van der Waals surface area (Å²) in [6, 6.07) is 19.3. The smallest absolute Gasteiger partial charge is 0.247 e. The fraction of sp³-hybridized carbons (Fsp3) is 0.286. The van der Waals surface area contributed by atoms with Gasteiger partial charge in [0.2, 0.25) is 5.91 Å². The second kappa shape index (κ2) is 12.0. The fourth-order valence-electron chi connectivity index (χ4n) is 3.79. The number of nitrogens with zero attached hydrogens (tertiary/aromatic N) is 2. The molecule has 1 aliphatic heterocycles. The minimum atomic E-state index is -0.0709. The standard InChI is InChI=1S/C28H30N2O4/c1-32-25-11-6-22(7-12-25)10-15-28(31)30(20-24-4-2-16-29-18-24)19-23-8-13-26(14-9-23)34-21-27-5-3-17-33-27/h2,4,6-16,18,27H,3,5,17,19-21H2,1H3/b15-10+/t27-/m0/s1. The van der Waals surface area contributed by atoms with Gasteiger partial charge in [0.15, 0.2) is 0 Å². The SMILES string of the molecule is COc1ccc(/C=C/C(=O)N(Cc2ccc(OC[C@@H]3CCCO3)cc2)Cc2cccnc2)cc1. The minimum absolute atomic E-state index is 0.0709. The molecule has 0 unspecified atom stereocenters. The van der Waals surface area contributed by atoms with Crippen LogP contribution in [0.4, 0.5) is 0 Å². The van der Waals surface area contributed by atoms with Gasteiger partial charge in [-0.15, -0.1) is 0 Å². The van der Waals surface area contributed by atoms with Crippen molar-refractivity contribution in [3.05, 3.63) is 95.8 Å². The number of hydrogen-bond donors (Lipinski definition) is 0. The van der Waals surface area contributed by atoms with Crippen molar-refractivity contribution in [1.29, 1.82) is 0 Å². The quantitative estimate of drug-likeness (QED) is 0.405. The van der Waals surface area contributed by atoms with Crippen LogP contribution in [0.5, 0.6) is 11.5 Å². The Morgan fingerprint density at radius 1 is 1.06 bits per heavy atom. The van der Waals surface area contributed by atoms with E-state index in [1.54, 1.807) is 30.5 Å². The summed E-state index contributed by atoms with van der Waals surface area (Å²) in [5, 5.41) is 0. The number of rotatable bonds is 10. The number of carbonyl (C=O) groups excluding carboxylic acids is 1. The molecule has 3 aromatic rings. The van der Waals surface area contributed by atoms with Gasteiger partial charge in [-0.2, -0.15) is 0 Å². The molecule has 6 nitrogen and oxygen atoms in total. The van der Waals surface area contributed by atoms with Crippen molar-refractivity contribution in [2.24, 2.45) is 0 Å². The molecule has 4 rings (SSSR count). The highest BCUT2D eigenvalue weighted by Gasteiger charge is 2.16. The molecule has 1 atom stereocenters. The van der Waals surface area contributed by atoms with E-state index in [0.717, 1.165) is 47.6 Å². The highest BCUT2D eigenvalue weighted by Crippen LogP contribution is 2.19. The first-order valence-electron chi connectivity index (χ1n) is 11.5. The number of carbonyl (C=O) groups is 1. The molecule has 34 heavy (non-hydrogen) atoms. The van der Waals surface area contributed by atoms with Gasteiger partial charge in [0, 0.05) is 38.2 Å². The molecule has 1 aromatic heterocycles. The Hall–Kier alpha value is -3.64. The van der Waals surface area contributed by atoms with E-state index in [0.29, 0.717) is 19.7 Å². The summed E-state index contributed by atoms with van der Waals surface area (Å²) < 4.78 is 16.7. The van der Waals surface area contributed by atoms with Crippen LogP contribution in [0.3, 0.4) is 0 Å². The Morgan fingerprint density at radius 3 is 2.50 bits per heavy atom. The van der Waals surface area contributed by atoms with Gasteiger partial charge >= 0.3 is 0 Å². The normalized spacial score (nSPS) is 15.4. The molecule has 1 amide bonds. The molecule has 0 radical (unpaired) electrons. The second-order valence-electron chi connectivity index (χ2n) is 8.25. The van der Waals surface area contributed by atoms with Crippen LogP contribution in [0.15, 0.2) is 79.1 Å². The number of benzene rings is 2. The third kappa shape index (κ3) is 6.93. The largest absolute Gasteiger partial charge is 0.497 e. The molecule has 1 aliphatic rings. The van der Waals surface area contributed by atoms with Gasteiger partial charge in [0.05, 0.1) is 13.2 Å². The molecular formula is C28H30N2O4. The molecule has 2 aromatic carbocycles. The highest BCUT2D eigenvalue weighted by molar-refractivity contribution is 5.91. The van der Waals surface area contributed by atoms with Crippen LogP contribution in [0.1, 0.15) is 29.5 Å². The molecule has 0 spiro atoms. The maximum Gasteiger partial charge on any atom is 0.247 e. The van der Waals surface area contributed by atoms with Crippen LogP contribution >= 0.6 is 0 Å². The average Bonchev–Trinajstić information content (AvgIpc) is 3.41. The second-order valence-corrected chi connectivity index (χ2v) is 8.25. The van der Waals surface area contributed by atoms with Crippen molar-refractivity contribution in [3.63, 3.8) is 0 Å². The van der Waals surface area contributed by atoms with Crippen molar-refractivity contribution in [1.82, 2.24) is 9.88 Å². The Bertz CT molecular complexity index is 1060. The molecule has 0 aliphatic carbocycles. The van der Waals surface area contributed by atoms with E-state index >= 15 is 0 Å². The molecule has 0 bridgehead atoms. The molecular weight excluding hydrogens is 428 g/mol. The predicted octanol–water partition coefficient (Wildman–Crippen LogP) is 4.89. The van der Waals surface area contributed by atoms with E-state index in [-0.39, 0.29) is 12.0 Å². The first kappa shape index (κ1) is 23.5. The van der Waals surface area contributed by atoms with Gasteiger partial charge in [-0.25, -0.2) is 0 Å². The lowest BCUT2D eigenvalue weighted by Gasteiger charge is -2.22. The van der Waals surface area contributed by atoms with E-state index in [1.807, 2.05) is 66.7 Å². The van der Waals surface area contributed by atoms with Gasteiger partial charge in [-0.05, 0) is 65.9 Å². The van der Waals surface area contributed by atoms with E-state index in [1.165, 1.54) is 0 Å². The summed E-state index contributed by atoms with van der Waals surface area (Å²) in [5.41, 5.74) is 2.94. The van der Waals surface area contributed by atoms with Crippen LogP contribution < -0.4 is 9.47 Å². The summed E-state index contributed by atoms with van der Waals surface area (Å²) >= 11 is 0. The number of ether oxygens (including phenoxy) is 3. The van der Waals surface area contributed by atoms with Crippen LogP contribution in [0, 0.1) is 0 Å². The number of methoxy groups -OCH3 is 1. The Kier molecular flexibility index (Phi) is 8.30. The van der Waals surface area contributed by atoms with Crippen LogP contribution in [-0.2, 0) is 22.6 Å². The lowest BCUT2D eigenvalue weighted by Crippen LogP contribution is -2.28. The first-order valence-corrected chi connectivity index (χ1v) is 11.5. The topological polar surface area (TPSA) is 60.9 Å². The van der Waals surface area contributed by atoms with Gasteiger partial charge in [0.25, 0.3) is 0 Å². The average molecular weight is 459 g/mol. The van der Waals surface area contributed by atoms with Gasteiger partial charge in [-0.3, -0.25) is 9.78 Å². The lowest BCUT2D eigenvalue weighted by molar-refractivity contribution is -0.127.